The molecule has 0 N–H and O–H groups in total. The molecule has 1 aromatic rings. The highest BCUT2D eigenvalue weighted by Crippen LogP contribution is 2.36. The molecular formula is C30H48N2. The normalized spacial score (nSPS) is 21.2. The van der Waals surface area contributed by atoms with Gasteiger partial charge in [0.25, 0.3) is 0 Å². The van der Waals surface area contributed by atoms with Gasteiger partial charge in [-0.15, -0.1) is 0 Å². The highest BCUT2D eigenvalue weighted by atomic mass is 15.2. The zero-order valence-corrected chi connectivity index (χ0v) is 22.4. The number of fused-ring (bicyclic) bond motifs is 1. The van der Waals surface area contributed by atoms with Crippen molar-refractivity contribution in [2.75, 3.05) is 4.90 Å². The molecular weight excluding hydrogens is 388 g/mol. The van der Waals surface area contributed by atoms with Gasteiger partial charge in [-0.3, -0.25) is 0 Å². The van der Waals surface area contributed by atoms with Crippen LogP contribution < -0.4 is 4.90 Å². The number of hydrogen-bond donors (Lipinski definition) is 0. The van der Waals surface area contributed by atoms with Gasteiger partial charge in [0.2, 0.25) is 0 Å². The van der Waals surface area contributed by atoms with Crippen LogP contribution in [0.5, 0.6) is 0 Å². The number of hydrogen-bond acceptors (Lipinski definition) is 2. The van der Waals surface area contributed by atoms with E-state index in [-0.39, 0.29) is 0 Å². The minimum atomic E-state index is 0.592. The van der Waals surface area contributed by atoms with Crippen LogP contribution in [0.1, 0.15) is 81.2 Å². The lowest BCUT2D eigenvalue weighted by Gasteiger charge is -2.34. The lowest BCUT2D eigenvalue weighted by molar-refractivity contribution is 0.200. The molecule has 2 heteroatoms. The van der Waals surface area contributed by atoms with E-state index in [1.54, 1.807) is 0 Å². The van der Waals surface area contributed by atoms with Gasteiger partial charge < -0.3 is 9.80 Å². The van der Waals surface area contributed by atoms with E-state index >= 15 is 0 Å². The first kappa shape index (κ1) is 26.3. The number of benzene rings is 1. The monoisotopic (exact) mass is 436 g/mol. The number of rotatable bonds is 6. The first-order valence-electron chi connectivity index (χ1n) is 12.7. The van der Waals surface area contributed by atoms with Crippen molar-refractivity contribution in [3.63, 3.8) is 0 Å². The summed E-state index contributed by atoms with van der Waals surface area (Å²) in [6, 6.07) is 11.4. The maximum atomic E-state index is 2.58. The van der Waals surface area contributed by atoms with Gasteiger partial charge in [-0.2, -0.15) is 0 Å². The molecule has 2 aliphatic heterocycles. The van der Waals surface area contributed by atoms with E-state index in [2.05, 4.69) is 128 Å². The molecule has 0 aromatic heterocycles. The summed E-state index contributed by atoms with van der Waals surface area (Å²) in [6.07, 6.45) is 11.2. The van der Waals surface area contributed by atoms with Gasteiger partial charge in [0, 0.05) is 36.1 Å². The number of nitrogens with zero attached hydrogens (tertiary/aromatic N) is 2. The van der Waals surface area contributed by atoms with Gasteiger partial charge in [0.05, 0.1) is 0 Å². The summed E-state index contributed by atoms with van der Waals surface area (Å²) in [7, 11) is 0. The van der Waals surface area contributed by atoms with Crippen LogP contribution in [0.25, 0.3) is 0 Å². The van der Waals surface area contributed by atoms with Crippen LogP contribution in [0.3, 0.4) is 0 Å². The largest absolute Gasteiger partial charge is 0.371 e. The van der Waals surface area contributed by atoms with Crippen molar-refractivity contribution in [1.29, 1.82) is 0 Å². The Bertz CT molecular complexity index is 810. The molecule has 178 valence electrons. The quantitative estimate of drug-likeness (QED) is 0.417. The summed E-state index contributed by atoms with van der Waals surface area (Å²) in [5.41, 5.74) is 5.86. The molecule has 2 atom stereocenters. The maximum Gasteiger partial charge on any atom is 0.0404 e. The van der Waals surface area contributed by atoms with Gasteiger partial charge in [0.15, 0.2) is 0 Å². The summed E-state index contributed by atoms with van der Waals surface area (Å²) in [5.74, 6) is 1.43. The number of para-hydroxylation sites is 1. The second-order valence-electron chi connectivity index (χ2n) is 10.7. The van der Waals surface area contributed by atoms with Gasteiger partial charge in [0.1, 0.15) is 0 Å². The highest BCUT2D eigenvalue weighted by molar-refractivity contribution is 5.60. The fourth-order valence-corrected chi connectivity index (χ4v) is 5.04. The van der Waals surface area contributed by atoms with Crippen LogP contribution in [0, 0.1) is 11.8 Å². The molecule has 2 heterocycles. The molecule has 32 heavy (non-hydrogen) atoms. The molecule has 0 fully saturated rings. The molecule has 0 saturated carbocycles. The van der Waals surface area contributed by atoms with Crippen molar-refractivity contribution in [3.05, 3.63) is 65.4 Å². The molecule has 1 aromatic carbocycles. The van der Waals surface area contributed by atoms with Gasteiger partial charge >= 0.3 is 0 Å². The van der Waals surface area contributed by atoms with Crippen LogP contribution in [0.4, 0.5) is 5.69 Å². The molecule has 2 aliphatic rings. The Kier molecular flexibility index (Phi) is 9.67. The summed E-state index contributed by atoms with van der Waals surface area (Å²) < 4.78 is 0. The highest BCUT2D eigenvalue weighted by Gasteiger charge is 2.32. The lowest BCUT2D eigenvalue weighted by atomic mass is 9.96. The van der Waals surface area contributed by atoms with E-state index in [1.165, 1.54) is 35.2 Å². The van der Waals surface area contributed by atoms with Crippen LogP contribution in [0.2, 0.25) is 0 Å². The minimum Gasteiger partial charge on any atom is -0.371 e. The molecule has 0 aliphatic carbocycles. The van der Waals surface area contributed by atoms with Crippen molar-refractivity contribution < 1.29 is 0 Å². The third-order valence-corrected chi connectivity index (χ3v) is 6.91. The predicted octanol–water partition coefficient (Wildman–Crippen LogP) is 8.01. The number of anilines is 1. The Hall–Kier alpha value is -1.96. The van der Waals surface area contributed by atoms with E-state index in [0.29, 0.717) is 30.1 Å². The topological polar surface area (TPSA) is 6.48 Å². The van der Waals surface area contributed by atoms with Crippen LogP contribution >= 0.6 is 0 Å². The van der Waals surface area contributed by atoms with Crippen LogP contribution in [-0.4, -0.2) is 29.1 Å². The third kappa shape index (κ3) is 6.30. The second kappa shape index (κ2) is 11.8. The Balaban J connectivity index is 0.000000228. The SMILES string of the molecule is C/C=C\C=C(/C)C1=CN(C(C)C)[C@H](C(C)C)C1.CC(C)[C@@H]1Cc2ccccc2N1C(C)C. The van der Waals surface area contributed by atoms with Crippen molar-refractivity contribution in [3.8, 4) is 0 Å². The van der Waals surface area contributed by atoms with E-state index in [4.69, 9.17) is 0 Å². The molecule has 0 unspecified atom stereocenters. The smallest absolute Gasteiger partial charge is 0.0404 e. The van der Waals surface area contributed by atoms with Crippen molar-refractivity contribution in [2.45, 2.75) is 106 Å². The van der Waals surface area contributed by atoms with Gasteiger partial charge in [-0.1, -0.05) is 64.1 Å². The van der Waals surface area contributed by atoms with E-state index in [9.17, 15) is 0 Å². The molecule has 0 bridgehead atoms. The second-order valence-corrected chi connectivity index (χ2v) is 10.7. The molecule has 2 nitrogen and oxygen atoms in total. The Morgan fingerprint density at radius 1 is 0.875 bits per heavy atom. The zero-order valence-electron chi connectivity index (χ0n) is 22.4. The Labute approximate surface area is 199 Å². The molecule has 0 spiro atoms. The standard InChI is InChI=1S/C16H27N.C14H21N/c1-7-8-9-14(6)15-10-16(12(2)3)17(11-15)13(4)5;1-10(2)14-9-12-7-5-6-8-13(12)15(14)11(3)4/h7-9,11-13,16H,10H2,1-6H3;5-8,10-11,14H,9H2,1-4H3/b8-7-,14-9+;/t16-;14-/m00/s1. The lowest BCUT2D eigenvalue weighted by Crippen LogP contribution is -2.40. The molecule has 0 saturated heterocycles. The maximum absolute atomic E-state index is 2.58. The Morgan fingerprint density at radius 3 is 2.00 bits per heavy atom. The van der Waals surface area contributed by atoms with Gasteiger partial charge in [-0.25, -0.2) is 0 Å². The summed E-state index contributed by atoms with van der Waals surface area (Å²) >= 11 is 0. The zero-order chi connectivity index (χ0) is 24.0. The summed E-state index contributed by atoms with van der Waals surface area (Å²) in [5, 5.41) is 0. The molecule has 0 amide bonds. The number of allylic oxidation sites excluding steroid dienone is 4. The van der Waals surface area contributed by atoms with E-state index in [0.717, 1.165) is 5.92 Å². The van der Waals surface area contributed by atoms with E-state index in [1.807, 2.05) is 0 Å². The first-order valence-corrected chi connectivity index (χ1v) is 12.7. The predicted molar refractivity (Wildman–Crippen MR) is 143 cm³/mol. The fraction of sp³-hybridized carbons (Fsp3) is 0.600. The van der Waals surface area contributed by atoms with E-state index < -0.39 is 0 Å². The average molecular weight is 437 g/mol. The van der Waals surface area contributed by atoms with Gasteiger partial charge in [-0.05, 0) is 89.0 Å². The first-order chi connectivity index (χ1) is 15.1. The van der Waals surface area contributed by atoms with Crippen LogP contribution in [-0.2, 0) is 6.42 Å². The summed E-state index contributed by atoms with van der Waals surface area (Å²) in [6.45, 7) is 22.7. The summed E-state index contributed by atoms with van der Waals surface area (Å²) in [4.78, 5) is 5.10. The van der Waals surface area contributed by atoms with Crippen LogP contribution in [0.15, 0.2) is 59.8 Å². The minimum absolute atomic E-state index is 0.592. The molecule has 3 rings (SSSR count). The molecule has 0 radical (unpaired) electrons. The third-order valence-electron chi connectivity index (χ3n) is 6.91. The van der Waals surface area contributed by atoms with Crippen molar-refractivity contribution in [2.24, 2.45) is 11.8 Å². The average Bonchev–Trinajstić information content (AvgIpc) is 3.35. The van der Waals surface area contributed by atoms with Crippen molar-refractivity contribution in [1.82, 2.24) is 4.90 Å². The Morgan fingerprint density at radius 2 is 1.50 bits per heavy atom. The van der Waals surface area contributed by atoms with Crippen molar-refractivity contribution >= 4 is 5.69 Å². The fourth-order valence-electron chi connectivity index (χ4n) is 5.04.